The molecule has 7 nitrogen and oxygen atoms in total. The standard InChI is InChI=1S/C33H32N2O5/c36-25-13-12-21-16-26-33(39)17-23(31(38)34-24-9-5-4-8-22(24)20-6-2-1-3-7-20)28(37)30-32(33,27(21)29(25)40-30)14-15-35(26)18-19-10-11-19/h1-9,12-13,19,23,26,30,36,39H,10-11,14-18H2,(H,34,38)/t23?,26-,30+,32+,33-/m1/s1. The summed E-state index contributed by atoms with van der Waals surface area (Å²) in [5.41, 5.74) is 1.94. The van der Waals surface area contributed by atoms with Crippen LogP contribution in [0.5, 0.6) is 11.5 Å². The fraction of sp³-hybridized carbons (Fsp3) is 0.394. The third-order valence-electron chi connectivity index (χ3n) is 10.2. The van der Waals surface area contributed by atoms with Crippen molar-refractivity contribution in [2.45, 2.75) is 55.3 Å². The number of likely N-dealkylation sites (tertiary alicyclic amines) is 1. The lowest BCUT2D eigenvalue weighted by Crippen LogP contribution is -2.78. The minimum Gasteiger partial charge on any atom is -0.504 e. The van der Waals surface area contributed by atoms with Gasteiger partial charge in [-0.3, -0.25) is 14.5 Å². The van der Waals surface area contributed by atoms with Gasteiger partial charge in [-0.05, 0) is 67.8 Å². The van der Waals surface area contributed by atoms with E-state index in [4.69, 9.17) is 4.74 Å². The molecule has 204 valence electrons. The number of ketones is 1. The molecule has 5 atom stereocenters. The van der Waals surface area contributed by atoms with Crippen molar-refractivity contribution in [3.63, 3.8) is 0 Å². The van der Waals surface area contributed by atoms with E-state index in [0.717, 1.165) is 35.3 Å². The number of phenols is 1. The number of anilines is 1. The van der Waals surface area contributed by atoms with E-state index in [-0.39, 0.29) is 24.0 Å². The molecule has 3 aromatic carbocycles. The van der Waals surface area contributed by atoms with E-state index in [2.05, 4.69) is 10.2 Å². The Balaban J connectivity index is 1.19. The minimum absolute atomic E-state index is 0.0191. The van der Waals surface area contributed by atoms with Gasteiger partial charge in [0.25, 0.3) is 0 Å². The second-order valence-corrected chi connectivity index (χ2v) is 12.3. The van der Waals surface area contributed by atoms with Crippen molar-refractivity contribution >= 4 is 17.4 Å². The molecule has 3 N–H and O–H groups in total. The lowest BCUT2D eigenvalue weighted by atomic mass is 9.47. The first-order valence-electron chi connectivity index (χ1n) is 14.4. The van der Waals surface area contributed by atoms with Gasteiger partial charge in [-0.2, -0.15) is 0 Å². The summed E-state index contributed by atoms with van der Waals surface area (Å²) in [6.45, 7) is 1.68. The Morgan fingerprint density at radius 1 is 1.05 bits per heavy atom. The highest BCUT2D eigenvalue weighted by atomic mass is 16.5. The predicted octanol–water partition coefficient (Wildman–Crippen LogP) is 4.06. The third-order valence-corrected chi connectivity index (χ3v) is 10.2. The molecule has 0 aromatic heterocycles. The van der Waals surface area contributed by atoms with Crippen LogP contribution in [0.3, 0.4) is 0 Å². The molecule has 2 saturated carbocycles. The highest BCUT2D eigenvalue weighted by Gasteiger charge is 2.75. The van der Waals surface area contributed by atoms with Crippen LogP contribution in [0.25, 0.3) is 11.1 Å². The number of ether oxygens (including phenoxy) is 1. The molecule has 1 saturated heterocycles. The molecule has 1 spiro atoms. The van der Waals surface area contributed by atoms with Crippen molar-refractivity contribution in [1.29, 1.82) is 0 Å². The fourth-order valence-electron chi connectivity index (χ4n) is 8.21. The van der Waals surface area contributed by atoms with Crippen LogP contribution < -0.4 is 10.1 Å². The number of piperidine rings is 1. The Morgan fingerprint density at radius 3 is 2.62 bits per heavy atom. The van der Waals surface area contributed by atoms with Crippen molar-refractivity contribution in [2.24, 2.45) is 11.8 Å². The van der Waals surface area contributed by atoms with Gasteiger partial charge in [0.05, 0.1) is 11.0 Å². The Hall–Kier alpha value is -3.68. The zero-order valence-corrected chi connectivity index (χ0v) is 22.2. The minimum atomic E-state index is -1.34. The summed E-state index contributed by atoms with van der Waals surface area (Å²) < 4.78 is 6.28. The average Bonchev–Trinajstić information content (AvgIpc) is 3.70. The van der Waals surface area contributed by atoms with Gasteiger partial charge < -0.3 is 20.3 Å². The third kappa shape index (κ3) is 3.19. The number of amides is 1. The number of carbonyl (C=O) groups is 2. The van der Waals surface area contributed by atoms with E-state index in [1.807, 2.05) is 60.7 Å². The SMILES string of the molecule is O=C(Nc1ccccc1-c1ccccc1)C1C[C@@]2(O)[C@H]3Cc4ccc(O)c5c4[C@@]2(CCN3CC2CC2)[C@@H](O5)C1=O. The Kier molecular flexibility index (Phi) is 5.08. The lowest BCUT2D eigenvalue weighted by molar-refractivity contribution is -0.197. The summed E-state index contributed by atoms with van der Waals surface area (Å²) in [7, 11) is 0. The number of hydrogen-bond donors (Lipinski definition) is 3. The maximum atomic E-state index is 14.2. The molecule has 2 aliphatic heterocycles. The average molecular weight is 537 g/mol. The number of hydrogen-bond acceptors (Lipinski definition) is 6. The van der Waals surface area contributed by atoms with Crippen LogP contribution >= 0.6 is 0 Å². The van der Waals surface area contributed by atoms with Crippen molar-refractivity contribution in [2.75, 3.05) is 18.4 Å². The summed E-state index contributed by atoms with van der Waals surface area (Å²) >= 11 is 0. The zero-order chi connectivity index (χ0) is 27.2. The maximum Gasteiger partial charge on any atom is 0.235 e. The zero-order valence-electron chi connectivity index (χ0n) is 22.2. The first-order valence-corrected chi connectivity index (χ1v) is 14.4. The van der Waals surface area contributed by atoms with Gasteiger partial charge in [-0.25, -0.2) is 0 Å². The van der Waals surface area contributed by atoms with Gasteiger partial charge in [0.2, 0.25) is 5.91 Å². The molecule has 3 aromatic rings. The fourth-order valence-corrected chi connectivity index (χ4v) is 8.21. The van der Waals surface area contributed by atoms with Gasteiger partial charge >= 0.3 is 0 Å². The molecule has 8 rings (SSSR count). The van der Waals surface area contributed by atoms with Crippen LogP contribution in [0, 0.1) is 11.8 Å². The van der Waals surface area contributed by atoms with Gasteiger partial charge in [0.15, 0.2) is 23.4 Å². The first kappa shape index (κ1) is 24.1. The Labute approximate surface area is 232 Å². The van der Waals surface area contributed by atoms with Gasteiger partial charge in [-0.1, -0.05) is 54.6 Å². The Bertz CT molecular complexity index is 1550. The lowest BCUT2D eigenvalue weighted by Gasteiger charge is -2.63. The van der Waals surface area contributed by atoms with Gasteiger partial charge in [-0.15, -0.1) is 0 Å². The van der Waals surface area contributed by atoms with Crippen LogP contribution in [0.4, 0.5) is 5.69 Å². The van der Waals surface area contributed by atoms with Gasteiger partial charge in [0, 0.05) is 29.4 Å². The largest absolute Gasteiger partial charge is 0.504 e. The van der Waals surface area contributed by atoms with E-state index in [1.165, 1.54) is 12.8 Å². The van der Waals surface area contributed by atoms with E-state index in [9.17, 15) is 19.8 Å². The number of aliphatic hydroxyl groups is 1. The first-order chi connectivity index (χ1) is 19.4. The second kappa shape index (κ2) is 8.41. The molecule has 0 radical (unpaired) electrons. The molecule has 2 heterocycles. The second-order valence-electron chi connectivity index (χ2n) is 12.3. The van der Waals surface area contributed by atoms with Crippen LogP contribution in [-0.2, 0) is 21.4 Å². The smallest absolute Gasteiger partial charge is 0.235 e. The quantitative estimate of drug-likeness (QED) is 0.426. The number of rotatable bonds is 5. The monoisotopic (exact) mass is 536 g/mol. The van der Waals surface area contributed by atoms with E-state index < -0.39 is 28.9 Å². The summed E-state index contributed by atoms with van der Waals surface area (Å²) in [5, 5.41) is 26.6. The van der Waals surface area contributed by atoms with Crippen LogP contribution in [0.1, 0.15) is 36.8 Å². The van der Waals surface area contributed by atoms with Crippen LogP contribution in [0.2, 0.25) is 0 Å². The number of nitrogens with zero attached hydrogens (tertiary/aromatic N) is 1. The number of aromatic hydroxyl groups is 1. The molecule has 1 amide bonds. The molecular formula is C33H32N2O5. The number of para-hydroxylation sites is 1. The summed E-state index contributed by atoms with van der Waals surface area (Å²) in [6, 6.07) is 20.7. The number of carbonyl (C=O) groups excluding carboxylic acids is 2. The molecule has 40 heavy (non-hydrogen) atoms. The van der Waals surface area contributed by atoms with E-state index >= 15 is 0 Å². The predicted molar refractivity (Wildman–Crippen MR) is 149 cm³/mol. The van der Waals surface area contributed by atoms with Crippen LogP contribution in [0.15, 0.2) is 66.7 Å². The van der Waals surface area contributed by atoms with Gasteiger partial charge in [0.1, 0.15) is 5.92 Å². The van der Waals surface area contributed by atoms with Crippen molar-refractivity contribution in [3.05, 3.63) is 77.9 Å². The summed E-state index contributed by atoms with van der Waals surface area (Å²) in [5.74, 6) is -0.902. The van der Waals surface area contributed by atoms with Crippen molar-refractivity contribution < 1.29 is 24.5 Å². The molecule has 1 unspecified atom stereocenters. The summed E-state index contributed by atoms with van der Waals surface area (Å²) in [4.78, 5) is 30.5. The normalized spacial score (nSPS) is 31.8. The molecule has 2 bridgehead atoms. The number of phenolic OH excluding ortho intramolecular Hbond substituents is 1. The number of nitrogens with one attached hydrogen (secondary N) is 1. The highest BCUT2D eigenvalue weighted by molar-refractivity contribution is 6.11. The summed E-state index contributed by atoms with van der Waals surface area (Å²) in [6.07, 6.45) is 2.58. The van der Waals surface area contributed by atoms with Crippen molar-refractivity contribution in [3.8, 4) is 22.6 Å². The molecular weight excluding hydrogens is 504 g/mol. The van der Waals surface area contributed by atoms with Crippen molar-refractivity contribution in [1.82, 2.24) is 4.90 Å². The Morgan fingerprint density at radius 2 is 1.82 bits per heavy atom. The van der Waals surface area contributed by atoms with E-state index in [0.29, 0.717) is 30.2 Å². The molecule has 5 aliphatic rings. The van der Waals surface area contributed by atoms with Crippen LogP contribution in [-0.4, -0.2) is 57.6 Å². The molecule has 3 fully saturated rings. The topological polar surface area (TPSA) is 99.1 Å². The number of Topliss-reactive ketones (excluding diaryl/α,β-unsaturated/α-hetero) is 1. The number of benzene rings is 3. The highest BCUT2D eigenvalue weighted by Crippen LogP contribution is 2.65. The maximum absolute atomic E-state index is 14.2. The molecule has 7 heteroatoms. The van der Waals surface area contributed by atoms with E-state index in [1.54, 1.807) is 6.07 Å². The molecule has 3 aliphatic carbocycles.